The summed E-state index contributed by atoms with van der Waals surface area (Å²) in [5.41, 5.74) is 4.03. The summed E-state index contributed by atoms with van der Waals surface area (Å²) in [6.07, 6.45) is 1.31. The fourth-order valence-electron chi connectivity index (χ4n) is 1.22. The number of aliphatic imine (C=N–C) groups is 1. The van der Waals surface area contributed by atoms with Gasteiger partial charge in [0.25, 0.3) is 0 Å². The zero-order valence-electron chi connectivity index (χ0n) is 8.99. The molecule has 7 nitrogen and oxygen atoms in total. The first-order valence-corrected chi connectivity index (χ1v) is 5.17. The van der Waals surface area contributed by atoms with Crippen molar-refractivity contribution in [1.82, 2.24) is 25.7 Å². The molecule has 1 aromatic carbocycles. The van der Waals surface area contributed by atoms with Crippen molar-refractivity contribution >= 4 is 24.3 Å². The number of aromatic nitrogens is 4. The van der Waals surface area contributed by atoms with Gasteiger partial charge in [-0.2, -0.15) is 10.7 Å². The van der Waals surface area contributed by atoms with Gasteiger partial charge in [-0.1, -0.05) is 16.4 Å². The van der Waals surface area contributed by atoms with Crippen LogP contribution in [0.1, 0.15) is 0 Å². The van der Waals surface area contributed by atoms with E-state index in [1.807, 2.05) is 24.3 Å². The molecule has 1 aromatic heterocycles. The third-order valence-electron chi connectivity index (χ3n) is 1.93. The van der Waals surface area contributed by atoms with Crippen LogP contribution in [0.2, 0.25) is 0 Å². The lowest BCUT2D eigenvalue weighted by Gasteiger charge is -2.01. The third kappa shape index (κ3) is 2.74. The second-order valence-electron chi connectivity index (χ2n) is 2.99. The zero-order valence-corrected chi connectivity index (χ0v) is 9.81. The van der Waals surface area contributed by atoms with E-state index in [0.717, 1.165) is 11.4 Å². The van der Waals surface area contributed by atoms with Gasteiger partial charge in [-0.15, -0.1) is 0 Å². The summed E-state index contributed by atoms with van der Waals surface area (Å²) in [7, 11) is 1.65. The molecule has 0 aliphatic heterocycles. The van der Waals surface area contributed by atoms with Crippen LogP contribution in [0, 0.1) is 4.77 Å². The van der Waals surface area contributed by atoms with E-state index in [-0.39, 0.29) is 0 Å². The molecular formula is C9H10N6OS. The minimum atomic E-state index is 0.359. The molecule has 2 N–H and O–H groups in total. The number of rotatable bonds is 4. The SMILES string of the molecule is CNOC=Nc1cccc(-n2[nH]nnc2=S)c1. The molecule has 0 unspecified atom stereocenters. The molecule has 0 radical (unpaired) electrons. The minimum absolute atomic E-state index is 0.359. The molecule has 0 bridgehead atoms. The molecule has 1 heterocycles. The molecule has 0 atom stereocenters. The van der Waals surface area contributed by atoms with Crippen molar-refractivity contribution in [2.75, 3.05) is 7.05 Å². The van der Waals surface area contributed by atoms with Crippen LogP contribution >= 0.6 is 12.2 Å². The Morgan fingerprint density at radius 1 is 1.59 bits per heavy atom. The predicted octanol–water partition coefficient (Wildman–Crippen LogP) is 1.14. The number of H-pyrrole nitrogens is 1. The Balaban J connectivity index is 2.29. The van der Waals surface area contributed by atoms with E-state index in [2.05, 4.69) is 26.0 Å². The highest BCUT2D eigenvalue weighted by atomic mass is 32.1. The number of hydrogen-bond donors (Lipinski definition) is 2. The molecule has 0 aliphatic rings. The number of hydroxylamine groups is 1. The second kappa shape index (κ2) is 5.32. The summed E-state index contributed by atoms with van der Waals surface area (Å²) in [5.74, 6) is 0. The van der Waals surface area contributed by atoms with E-state index >= 15 is 0 Å². The number of hydrogen-bond acceptors (Lipinski definition) is 6. The maximum Gasteiger partial charge on any atom is 0.242 e. The van der Waals surface area contributed by atoms with Gasteiger partial charge in [0.15, 0.2) is 0 Å². The minimum Gasteiger partial charge on any atom is -0.397 e. The van der Waals surface area contributed by atoms with Gasteiger partial charge in [0.05, 0.1) is 11.4 Å². The molecule has 8 heteroatoms. The topological polar surface area (TPSA) is 80.1 Å². The van der Waals surface area contributed by atoms with Gasteiger partial charge in [-0.05, 0) is 30.4 Å². The predicted molar refractivity (Wildman–Crippen MR) is 64.8 cm³/mol. The average molecular weight is 250 g/mol. The van der Waals surface area contributed by atoms with Crippen molar-refractivity contribution < 1.29 is 4.84 Å². The summed E-state index contributed by atoms with van der Waals surface area (Å²) in [4.78, 5) is 8.87. The Hall–Kier alpha value is -2.06. The van der Waals surface area contributed by atoms with Gasteiger partial charge in [0, 0.05) is 7.05 Å². The fraction of sp³-hybridized carbons (Fsp3) is 0.111. The molecule has 2 aromatic rings. The van der Waals surface area contributed by atoms with E-state index in [1.54, 1.807) is 11.7 Å². The van der Waals surface area contributed by atoms with Crippen molar-refractivity contribution in [2.45, 2.75) is 0 Å². The van der Waals surface area contributed by atoms with Crippen LogP contribution in [-0.2, 0) is 4.84 Å². The van der Waals surface area contributed by atoms with E-state index in [9.17, 15) is 0 Å². The second-order valence-corrected chi connectivity index (χ2v) is 3.36. The first-order chi connectivity index (χ1) is 8.31. The van der Waals surface area contributed by atoms with Crippen molar-refractivity contribution in [3.05, 3.63) is 29.0 Å². The van der Waals surface area contributed by atoms with E-state index < -0.39 is 0 Å². The van der Waals surface area contributed by atoms with Crippen LogP contribution < -0.4 is 5.48 Å². The highest BCUT2D eigenvalue weighted by molar-refractivity contribution is 7.71. The first kappa shape index (κ1) is 11.4. The normalized spacial score (nSPS) is 10.9. The Kier molecular flexibility index (Phi) is 3.58. The largest absolute Gasteiger partial charge is 0.397 e. The Labute approximate surface area is 102 Å². The van der Waals surface area contributed by atoms with Crippen molar-refractivity contribution in [1.29, 1.82) is 0 Å². The maximum absolute atomic E-state index is 5.00. The van der Waals surface area contributed by atoms with Crippen LogP contribution in [0.4, 0.5) is 5.69 Å². The Morgan fingerprint density at radius 2 is 2.47 bits per heavy atom. The number of aromatic amines is 1. The lowest BCUT2D eigenvalue weighted by Crippen LogP contribution is -2.04. The summed E-state index contributed by atoms with van der Waals surface area (Å²) >= 11 is 5.00. The van der Waals surface area contributed by atoms with Gasteiger partial charge in [-0.3, -0.25) is 0 Å². The fourth-order valence-corrected chi connectivity index (χ4v) is 1.40. The van der Waals surface area contributed by atoms with Gasteiger partial charge in [0.1, 0.15) is 0 Å². The van der Waals surface area contributed by atoms with Crippen LogP contribution in [0.15, 0.2) is 29.3 Å². The lowest BCUT2D eigenvalue weighted by atomic mass is 10.3. The molecule has 88 valence electrons. The summed E-state index contributed by atoms with van der Waals surface area (Å²) in [6.45, 7) is 0. The highest BCUT2D eigenvalue weighted by Crippen LogP contribution is 2.16. The summed E-state index contributed by atoms with van der Waals surface area (Å²) in [6, 6.07) is 7.38. The van der Waals surface area contributed by atoms with Gasteiger partial charge in [0.2, 0.25) is 11.2 Å². The third-order valence-corrected chi connectivity index (χ3v) is 2.20. The molecule has 0 aliphatic carbocycles. The van der Waals surface area contributed by atoms with E-state index in [4.69, 9.17) is 17.1 Å². The number of tetrazole rings is 1. The van der Waals surface area contributed by atoms with E-state index in [1.165, 1.54) is 6.40 Å². The van der Waals surface area contributed by atoms with Crippen LogP contribution in [0.25, 0.3) is 5.69 Å². The Bertz CT molecular complexity index is 575. The first-order valence-electron chi connectivity index (χ1n) is 4.77. The molecule has 17 heavy (non-hydrogen) atoms. The molecule has 0 spiro atoms. The van der Waals surface area contributed by atoms with Gasteiger partial charge < -0.3 is 4.84 Å². The molecule has 2 rings (SSSR count). The van der Waals surface area contributed by atoms with Crippen molar-refractivity contribution in [3.8, 4) is 5.69 Å². The molecule has 0 fully saturated rings. The summed E-state index contributed by atoms with van der Waals surface area (Å²) < 4.78 is 1.94. The van der Waals surface area contributed by atoms with Crippen LogP contribution in [-0.4, -0.2) is 33.7 Å². The van der Waals surface area contributed by atoms with Crippen LogP contribution in [0.5, 0.6) is 0 Å². The average Bonchev–Trinajstić information content (AvgIpc) is 2.76. The molecule has 0 amide bonds. The van der Waals surface area contributed by atoms with Crippen LogP contribution in [0.3, 0.4) is 0 Å². The number of benzene rings is 1. The van der Waals surface area contributed by atoms with E-state index in [0.29, 0.717) is 4.77 Å². The van der Waals surface area contributed by atoms with Crippen molar-refractivity contribution in [3.63, 3.8) is 0 Å². The monoisotopic (exact) mass is 250 g/mol. The smallest absolute Gasteiger partial charge is 0.242 e. The summed E-state index contributed by atoms with van der Waals surface area (Å²) in [5, 5.41) is 9.98. The number of nitrogens with zero attached hydrogens (tertiary/aromatic N) is 4. The molecular weight excluding hydrogens is 240 g/mol. The number of nitrogens with one attached hydrogen (secondary N) is 2. The zero-order chi connectivity index (χ0) is 12.1. The molecule has 0 saturated carbocycles. The highest BCUT2D eigenvalue weighted by Gasteiger charge is 2.00. The van der Waals surface area contributed by atoms with Gasteiger partial charge in [-0.25, -0.2) is 9.67 Å². The molecule has 0 saturated heterocycles. The van der Waals surface area contributed by atoms with Crippen molar-refractivity contribution in [2.24, 2.45) is 4.99 Å². The maximum atomic E-state index is 5.00. The lowest BCUT2D eigenvalue weighted by molar-refractivity contribution is 0.222. The Morgan fingerprint density at radius 3 is 3.18 bits per heavy atom. The standard InChI is InChI=1S/C9H10N6OS/c1-10-16-6-11-7-3-2-4-8(5-7)15-9(17)12-13-14-15/h2-6,10H,1H3,(H,12,14,17). The quantitative estimate of drug-likeness (QED) is 0.368. The van der Waals surface area contributed by atoms with Gasteiger partial charge >= 0.3 is 0 Å².